The highest BCUT2D eigenvalue weighted by molar-refractivity contribution is 7.07. The topological polar surface area (TPSA) is 29.8 Å². The number of nitrogens with zero attached hydrogens (tertiary/aromatic N) is 3. The number of morpholine rings is 1. The molecule has 0 unspecified atom stereocenters. The van der Waals surface area contributed by atoms with E-state index in [1.54, 1.807) is 11.3 Å². The van der Waals surface area contributed by atoms with Crippen LogP contribution in [-0.4, -0.2) is 42.3 Å². The van der Waals surface area contributed by atoms with Crippen LogP contribution in [0.15, 0.2) is 58.9 Å². The highest BCUT2D eigenvalue weighted by Crippen LogP contribution is 2.28. The van der Waals surface area contributed by atoms with Gasteiger partial charge in [-0.05, 0) is 30.3 Å². The summed E-state index contributed by atoms with van der Waals surface area (Å²) in [6.07, 6.45) is 0. The van der Waals surface area contributed by atoms with Crippen molar-refractivity contribution in [3.05, 3.63) is 68.8 Å². The van der Waals surface area contributed by atoms with Gasteiger partial charge in [0, 0.05) is 47.2 Å². The molecule has 2 aromatic carbocycles. The lowest BCUT2D eigenvalue weighted by atomic mass is 10.2. The van der Waals surface area contributed by atoms with Crippen molar-refractivity contribution in [3.63, 3.8) is 0 Å². The molecule has 28 heavy (non-hydrogen) atoms. The molecule has 1 aliphatic heterocycles. The third-order valence-corrected chi connectivity index (χ3v) is 6.19. The molecular weight excluding hydrogens is 413 g/mol. The van der Waals surface area contributed by atoms with E-state index in [2.05, 4.69) is 20.9 Å². The van der Waals surface area contributed by atoms with Crippen molar-refractivity contribution < 1.29 is 4.74 Å². The van der Waals surface area contributed by atoms with E-state index in [4.69, 9.17) is 32.9 Å². The van der Waals surface area contributed by atoms with Gasteiger partial charge in [0.2, 0.25) is 0 Å². The van der Waals surface area contributed by atoms with Crippen molar-refractivity contribution in [2.24, 2.45) is 4.99 Å². The van der Waals surface area contributed by atoms with E-state index >= 15 is 0 Å². The first-order valence-electron chi connectivity index (χ1n) is 9.24. The van der Waals surface area contributed by atoms with Crippen molar-refractivity contribution in [1.82, 2.24) is 9.47 Å². The fourth-order valence-corrected chi connectivity index (χ4v) is 4.52. The maximum Gasteiger partial charge on any atom is 0.190 e. The number of halogens is 2. The average Bonchev–Trinajstić information content (AvgIpc) is 3.11. The summed E-state index contributed by atoms with van der Waals surface area (Å²) in [6.45, 7) is 5.33. The quantitative estimate of drug-likeness (QED) is 0.560. The van der Waals surface area contributed by atoms with Crippen LogP contribution >= 0.6 is 34.5 Å². The average molecular weight is 434 g/mol. The number of hydrogen-bond donors (Lipinski definition) is 0. The van der Waals surface area contributed by atoms with Gasteiger partial charge in [-0.25, -0.2) is 4.99 Å². The van der Waals surface area contributed by atoms with E-state index in [0.717, 1.165) is 66.2 Å². The fourth-order valence-electron chi connectivity index (χ4n) is 3.21. The summed E-state index contributed by atoms with van der Waals surface area (Å²) in [7, 11) is 0. The monoisotopic (exact) mass is 433 g/mol. The minimum atomic E-state index is 0.710. The molecule has 0 radical (unpaired) electrons. The van der Waals surface area contributed by atoms with E-state index in [1.807, 2.05) is 42.5 Å². The molecule has 0 N–H and O–H groups in total. The highest BCUT2D eigenvalue weighted by Gasteiger charge is 2.14. The van der Waals surface area contributed by atoms with Crippen molar-refractivity contribution in [2.75, 3.05) is 32.8 Å². The van der Waals surface area contributed by atoms with Gasteiger partial charge in [0.25, 0.3) is 0 Å². The second-order valence-electron chi connectivity index (χ2n) is 6.58. The Bertz CT molecular complexity index is 991. The standard InChI is InChI=1S/C21H21Cl2N3OS/c22-16-5-7-17(8-6-16)24-21-26(10-9-25-11-13-27-14-12-25)20(15-28-21)18-3-1-2-4-19(18)23/h1-8,15H,9-14H2. The lowest BCUT2D eigenvalue weighted by molar-refractivity contribution is 0.0363. The van der Waals surface area contributed by atoms with Gasteiger partial charge in [-0.1, -0.05) is 41.4 Å². The molecule has 0 amide bonds. The molecule has 4 rings (SSSR count). The third-order valence-electron chi connectivity index (χ3n) is 4.74. The molecule has 0 saturated carbocycles. The summed E-state index contributed by atoms with van der Waals surface area (Å²) in [5.74, 6) is 0. The number of ether oxygens (including phenoxy) is 1. The van der Waals surface area contributed by atoms with Gasteiger partial charge in [0.15, 0.2) is 4.80 Å². The molecule has 7 heteroatoms. The summed E-state index contributed by atoms with van der Waals surface area (Å²) in [6, 6.07) is 15.5. The molecule has 4 nitrogen and oxygen atoms in total. The highest BCUT2D eigenvalue weighted by atomic mass is 35.5. The summed E-state index contributed by atoms with van der Waals surface area (Å²) in [5, 5.41) is 3.59. The number of aromatic nitrogens is 1. The molecule has 1 fully saturated rings. The van der Waals surface area contributed by atoms with Crippen molar-refractivity contribution in [1.29, 1.82) is 0 Å². The number of hydrogen-bond acceptors (Lipinski definition) is 4. The van der Waals surface area contributed by atoms with Gasteiger partial charge in [-0.3, -0.25) is 4.90 Å². The largest absolute Gasteiger partial charge is 0.379 e. The molecule has 1 aliphatic rings. The molecule has 2 heterocycles. The first-order valence-corrected chi connectivity index (χ1v) is 10.9. The van der Waals surface area contributed by atoms with Crippen LogP contribution in [0, 0.1) is 0 Å². The second-order valence-corrected chi connectivity index (χ2v) is 8.26. The number of thiazole rings is 1. The fraction of sp³-hybridized carbons (Fsp3) is 0.286. The predicted octanol–water partition coefficient (Wildman–Crippen LogP) is 5.09. The number of rotatable bonds is 5. The first kappa shape index (κ1) is 19.7. The van der Waals surface area contributed by atoms with Crippen LogP contribution in [0.25, 0.3) is 11.3 Å². The van der Waals surface area contributed by atoms with Crippen LogP contribution in [0.1, 0.15) is 0 Å². The predicted molar refractivity (Wildman–Crippen MR) is 117 cm³/mol. The van der Waals surface area contributed by atoms with Gasteiger partial charge in [0.1, 0.15) is 0 Å². The Morgan fingerprint density at radius 2 is 1.71 bits per heavy atom. The Morgan fingerprint density at radius 3 is 2.46 bits per heavy atom. The Balaban J connectivity index is 1.71. The van der Waals surface area contributed by atoms with Crippen molar-refractivity contribution in [2.45, 2.75) is 6.54 Å². The maximum absolute atomic E-state index is 6.49. The molecule has 1 aromatic heterocycles. The zero-order valence-electron chi connectivity index (χ0n) is 15.4. The first-order chi connectivity index (χ1) is 13.7. The van der Waals surface area contributed by atoms with Crippen LogP contribution in [-0.2, 0) is 11.3 Å². The minimum Gasteiger partial charge on any atom is -0.379 e. The number of benzene rings is 2. The summed E-state index contributed by atoms with van der Waals surface area (Å²) in [4.78, 5) is 8.24. The van der Waals surface area contributed by atoms with E-state index in [9.17, 15) is 0 Å². The Kier molecular flexibility index (Phi) is 6.50. The van der Waals surface area contributed by atoms with Gasteiger partial charge < -0.3 is 9.30 Å². The minimum absolute atomic E-state index is 0.710. The van der Waals surface area contributed by atoms with E-state index in [-0.39, 0.29) is 0 Å². The van der Waals surface area contributed by atoms with Crippen LogP contribution < -0.4 is 4.80 Å². The van der Waals surface area contributed by atoms with E-state index < -0.39 is 0 Å². The van der Waals surface area contributed by atoms with Gasteiger partial charge in [0.05, 0.1) is 24.6 Å². The molecule has 1 saturated heterocycles. The zero-order valence-corrected chi connectivity index (χ0v) is 17.7. The molecule has 146 valence electrons. The summed E-state index contributed by atoms with van der Waals surface area (Å²) < 4.78 is 7.72. The van der Waals surface area contributed by atoms with Crippen molar-refractivity contribution >= 4 is 40.2 Å². The summed E-state index contributed by atoms with van der Waals surface area (Å²) in [5.41, 5.74) is 3.01. The van der Waals surface area contributed by atoms with Gasteiger partial charge >= 0.3 is 0 Å². The van der Waals surface area contributed by atoms with Crippen LogP contribution in [0.2, 0.25) is 10.0 Å². The summed E-state index contributed by atoms with van der Waals surface area (Å²) >= 11 is 14.1. The Morgan fingerprint density at radius 1 is 0.964 bits per heavy atom. The lowest BCUT2D eigenvalue weighted by Crippen LogP contribution is -2.39. The van der Waals surface area contributed by atoms with Gasteiger partial charge in [-0.15, -0.1) is 11.3 Å². The lowest BCUT2D eigenvalue weighted by Gasteiger charge is -2.27. The van der Waals surface area contributed by atoms with Crippen molar-refractivity contribution in [3.8, 4) is 11.3 Å². The molecule has 0 atom stereocenters. The normalized spacial score (nSPS) is 15.9. The van der Waals surface area contributed by atoms with Crippen LogP contribution in [0.4, 0.5) is 5.69 Å². The zero-order chi connectivity index (χ0) is 19.3. The Hall–Kier alpha value is -1.63. The maximum atomic E-state index is 6.49. The SMILES string of the molecule is Clc1ccc(N=c2scc(-c3ccccc3Cl)n2CCN2CCOCC2)cc1. The molecule has 3 aromatic rings. The van der Waals surface area contributed by atoms with Crippen LogP contribution in [0.3, 0.4) is 0 Å². The second kappa shape index (κ2) is 9.25. The van der Waals surface area contributed by atoms with Gasteiger partial charge in [-0.2, -0.15) is 0 Å². The molecule has 0 spiro atoms. The molecule has 0 aliphatic carbocycles. The Labute approximate surface area is 178 Å². The molecule has 0 bridgehead atoms. The molecular formula is C21H21Cl2N3OS. The van der Waals surface area contributed by atoms with E-state index in [0.29, 0.717) is 5.02 Å². The van der Waals surface area contributed by atoms with E-state index in [1.165, 1.54) is 0 Å². The van der Waals surface area contributed by atoms with Crippen LogP contribution in [0.5, 0.6) is 0 Å². The third kappa shape index (κ3) is 4.67. The smallest absolute Gasteiger partial charge is 0.190 e.